The van der Waals surface area contributed by atoms with Gasteiger partial charge in [-0.2, -0.15) is 0 Å². The molecule has 0 fully saturated rings. The van der Waals surface area contributed by atoms with E-state index in [9.17, 15) is 4.79 Å². The number of amides is 1. The summed E-state index contributed by atoms with van der Waals surface area (Å²) in [5.74, 6) is 1.78. The summed E-state index contributed by atoms with van der Waals surface area (Å²) in [6.45, 7) is 2.21. The van der Waals surface area contributed by atoms with Gasteiger partial charge in [0.2, 0.25) is 0 Å². The largest absolute Gasteiger partial charge is 0.497 e. The number of aromatic nitrogens is 1. The van der Waals surface area contributed by atoms with E-state index in [0.717, 1.165) is 22.0 Å². The van der Waals surface area contributed by atoms with Crippen LogP contribution in [0.5, 0.6) is 17.2 Å². The Morgan fingerprint density at radius 3 is 2.48 bits per heavy atom. The molecule has 3 rings (SSSR count). The second kappa shape index (κ2) is 9.93. The van der Waals surface area contributed by atoms with E-state index in [2.05, 4.69) is 10.3 Å². The molecule has 1 atom stereocenters. The fourth-order valence-corrected chi connectivity index (χ4v) is 3.57. The van der Waals surface area contributed by atoms with Crippen molar-refractivity contribution < 1.29 is 19.0 Å². The molecule has 0 saturated heterocycles. The molecule has 0 saturated carbocycles. The Hall–Kier alpha value is -3.06. The maximum absolute atomic E-state index is 12.3. The second-order valence-corrected chi connectivity index (χ2v) is 7.18. The van der Waals surface area contributed by atoms with Crippen LogP contribution in [-0.4, -0.2) is 37.8 Å². The van der Waals surface area contributed by atoms with E-state index < -0.39 is 6.10 Å². The van der Waals surface area contributed by atoms with Crippen LogP contribution >= 0.6 is 11.3 Å². The summed E-state index contributed by atoms with van der Waals surface area (Å²) in [7, 11) is 3.22. The number of carbonyl (C=O) groups is 1. The first-order chi connectivity index (χ1) is 14.1. The lowest BCUT2D eigenvalue weighted by Crippen LogP contribution is -2.37. The number of thiazole rings is 1. The Balaban J connectivity index is 1.49. The van der Waals surface area contributed by atoms with Gasteiger partial charge in [0.1, 0.15) is 10.8 Å². The van der Waals surface area contributed by atoms with Crippen LogP contribution in [0.25, 0.3) is 10.6 Å². The molecule has 0 unspecified atom stereocenters. The summed E-state index contributed by atoms with van der Waals surface area (Å²) in [5, 5.41) is 5.86. The monoisotopic (exact) mass is 412 g/mol. The molecule has 1 amide bonds. The van der Waals surface area contributed by atoms with E-state index in [4.69, 9.17) is 14.2 Å². The van der Waals surface area contributed by atoms with Gasteiger partial charge in [-0.3, -0.25) is 4.79 Å². The summed E-state index contributed by atoms with van der Waals surface area (Å²) >= 11 is 1.58. The van der Waals surface area contributed by atoms with Crippen LogP contribution in [0.1, 0.15) is 12.6 Å². The maximum atomic E-state index is 12.3. The van der Waals surface area contributed by atoms with Gasteiger partial charge in [0.25, 0.3) is 5.91 Å². The quantitative estimate of drug-likeness (QED) is 0.576. The van der Waals surface area contributed by atoms with E-state index in [0.29, 0.717) is 24.5 Å². The molecule has 2 aromatic carbocycles. The van der Waals surface area contributed by atoms with Crippen LogP contribution in [0.3, 0.4) is 0 Å². The predicted octanol–water partition coefficient (Wildman–Crippen LogP) is 3.95. The first kappa shape index (κ1) is 20.7. The normalized spacial score (nSPS) is 11.6. The van der Waals surface area contributed by atoms with Gasteiger partial charge in [0.05, 0.1) is 19.9 Å². The van der Waals surface area contributed by atoms with E-state index in [-0.39, 0.29) is 5.91 Å². The van der Waals surface area contributed by atoms with E-state index in [1.165, 1.54) is 0 Å². The van der Waals surface area contributed by atoms with Crippen molar-refractivity contribution in [3.8, 4) is 27.8 Å². The molecule has 3 aromatic rings. The topological polar surface area (TPSA) is 69.7 Å². The van der Waals surface area contributed by atoms with Gasteiger partial charge in [-0.1, -0.05) is 12.1 Å². The van der Waals surface area contributed by atoms with Crippen LogP contribution < -0.4 is 19.5 Å². The summed E-state index contributed by atoms with van der Waals surface area (Å²) in [6.07, 6.45) is 0.0244. The van der Waals surface area contributed by atoms with Crippen molar-refractivity contribution in [3.05, 3.63) is 59.6 Å². The Kier molecular flexibility index (Phi) is 7.08. The number of nitrogens with zero attached hydrogens (tertiary/aromatic N) is 1. The highest BCUT2D eigenvalue weighted by atomic mass is 32.1. The maximum Gasteiger partial charge on any atom is 0.260 e. The fraction of sp³-hybridized carbons (Fsp3) is 0.273. The van der Waals surface area contributed by atoms with Gasteiger partial charge in [-0.15, -0.1) is 11.3 Å². The van der Waals surface area contributed by atoms with Crippen LogP contribution in [0.2, 0.25) is 0 Å². The number of para-hydroxylation sites is 2. The van der Waals surface area contributed by atoms with Crippen molar-refractivity contribution >= 4 is 17.2 Å². The number of hydrogen-bond acceptors (Lipinski definition) is 6. The zero-order valence-electron chi connectivity index (χ0n) is 16.7. The molecular formula is C22H24N2O4S. The molecule has 0 spiro atoms. The number of benzene rings is 2. The summed E-state index contributed by atoms with van der Waals surface area (Å²) < 4.78 is 16.1. The molecule has 6 nitrogen and oxygen atoms in total. The number of nitrogens with one attached hydrogen (secondary N) is 1. The minimum atomic E-state index is -0.628. The van der Waals surface area contributed by atoms with Gasteiger partial charge in [0.15, 0.2) is 17.6 Å². The average molecular weight is 413 g/mol. The first-order valence-electron chi connectivity index (χ1n) is 9.27. The highest BCUT2D eigenvalue weighted by Gasteiger charge is 2.16. The summed E-state index contributed by atoms with van der Waals surface area (Å²) in [6, 6.07) is 15.1. The predicted molar refractivity (Wildman–Crippen MR) is 114 cm³/mol. The smallest absolute Gasteiger partial charge is 0.260 e. The third-order valence-corrected chi connectivity index (χ3v) is 5.25. The van der Waals surface area contributed by atoms with Crippen LogP contribution in [0.4, 0.5) is 0 Å². The number of hydrogen-bond donors (Lipinski definition) is 1. The molecule has 1 aromatic heterocycles. The lowest BCUT2D eigenvalue weighted by Gasteiger charge is -2.16. The van der Waals surface area contributed by atoms with Crippen molar-refractivity contribution in [2.75, 3.05) is 20.8 Å². The van der Waals surface area contributed by atoms with Crippen molar-refractivity contribution in [1.82, 2.24) is 10.3 Å². The fourth-order valence-electron chi connectivity index (χ4n) is 2.71. The summed E-state index contributed by atoms with van der Waals surface area (Å²) in [4.78, 5) is 17.0. The van der Waals surface area contributed by atoms with E-state index >= 15 is 0 Å². The Morgan fingerprint density at radius 2 is 1.79 bits per heavy atom. The van der Waals surface area contributed by atoms with Crippen molar-refractivity contribution in [1.29, 1.82) is 0 Å². The molecule has 0 aliphatic carbocycles. The van der Waals surface area contributed by atoms with Gasteiger partial charge in [0, 0.05) is 23.9 Å². The molecule has 0 aliphatic rings. The van der Waals surface area contributed by atoms with E-state index in [1.54, 1.807) is 44.6 Å². The van der Waals surface area contributed by atoms with Gasteiger partial charge < -0.3 is 19.5 Å². The van der Waals surface area contributed by atoms with Crippen molar-refractivity contribution in [2.45, 2.75) is 19.4 Å². The Bertz CT molecular complexity index is 940. The van der Waals surface area contributed by atoms with Gasteiger partial charge in [-0.05, 0) is 43.3 Å². The third-order valence-electron chi connectivity index (χ3n) is 4.31. The highest BCUT2D eigenvalue weighted by Crippen LogP contribution is 2.27. The second-order valence-electron chi connectivity index (χ2n) is 6.32. The number of rotatable bonds is 9. The lowest BCUT2D eigenvalue weighted by atomic mass is 10.2. The zero-order valence-corrected chi connectivity index (χ0v) is 17.5. The minimum Gasteiger partial charge on any atom is -0.497 e. The van der Waals surface area contributed by atoms with Gasteiger partial charge in [-0.25, -0.2) is 4.98 Å². The summed E-state index contributed by atoms with van der Waals surface area (Å²) in [5.41, 5.74) is 1.99. The number of ether oxygens (including phenoxy) is 3. The van der Waals surface area contributed by atoms with Crippen LogP contribution in [-0.2, 0) is 11.2 Å². The molecule has 1 N–H and O–H groups in total. The molecule has 0 radical (unpaired) electrons. The standard InChI is InChI=1S/C22H24N2O4S/c1-15(28-20-7-5-4-6-19(20)27-3)21(25)23-13-12-17-14-29-22(24-17)16-8-10-18(26-2)11-9-16/h4-11,14-15H,12-13H2,1-3H3,(H,23,25)/t15-/m0/s1. The van der Waals surface area contributed by atoms with Gasteiger partial charge >= 0.3 is 0 Å². The molecule has 0 aliphatic heterocycles. The minimum absolute atomic E-state index is 0.179. The highest BCUT2D eigenvalue weighted by molar-refractivity contribution is 7.13. The molecule has 0 bridgehead atoms. The van der Waals surface area contributed by atoms with Crippen molar-refractivity contribution in [3.63, 3.8) is 0 Å². The van der Waals surface area contributed by atoms with Crippen molar-refractivity contribution in [2.24, 2.45) is 0 Å². The van der Waals surface area contributed by atoms with E-state index in [1.807, 2.05) is 41.8 Å². The average Bonchev–Trinajstić information content (AvgIpc) is 3.23. The Morgan fingerprint density at radius 1 is 1.07 bits per heavy atom. The molecule has 29 heavy (non-hydrogen) atoms. The van der Waals surface area contributed by atoms with Crippen LogP contribution in [0.15, 0.2) is 53.9 Å². The molecule has 1 heterocycles. The molecular weight excluding hydrogens is 388 g/mol. The number of methoxy groups -OCH3 is 2. The number of carbonyl (C=O) groups excluding carboxylic acids is 1. The zero-order chi connectivity index (χ0) is 20.6. The Labute approximate surface area is 174 Å². The third kappa shape index (κ3) is 5.48. The SMILES string of the molecule is COc1ccc(-c2nc(CCNC(=O)[C@H](C)Oc3ccccc3OC)cs2)cc1. The molecule has 152 valence electrons. The molecule has 7 heteroatoms. The first-order valence-corrected chi connectivity index (χ1v) is 10.1. The van der Waals surface area contributed by atoms with Crippen LogP contribution in [0, 0.1) is 0 Å². The lowest BCUT2D eigenvalue weighted by molar-refractivity contribution is -0.127.